The van der Waals surface area contributed by atoms with E-state index < -0.39 is 17.8 Å². The Labute approximate surface area is 138 Å². The van der Waals surface area contributed by atoms with Crippen LogP contribution in [0.2, 0.25) is 0 Å². The topological polar surface area (TPSA) is 93.8 Å². The summed E-state index contributed by atoms with van der Waals surface area (Å²) < 4.78 is 11.4. The maximum absolute atomic E-state index is 12.0. The average molecular weight is 333 g/mol. The van der Waals surface area contributed by atoms with Gasteiger partial charge in [0.2, 0.25) is 5.91 Å². The minimum absolute atomic E-state index is 0.0105. The highest BCUT2D eigenvalue weighted by molar-refractivity contribution is 5.87. The normalized spacial score (nSPS) is 18.5. The number of oxazole rings is 1. The molecular weight excluding hydrogens is 314 g/mol. The van der Waals surface area contributed by atoms with Crippen LogP contribution in [0.5, 0.6) is 0 Å². The summed E-state index contributed by atoms with van der Waals surface area (Å²) in [6.45, 7) is 1.95. The molecule has 1 atom stereocenters. The predicted molar refractivity (Wildman–Crippen MR) is 85.5 cm³/mol. The van der Waals surface area contributed by atoms with E-state index >= 15 is 0 Å². The highest BCUT2D eigenvalue weighted by Gasteiger charge is 2.31. The minimum Gasteiger partial charge on any atom is -0.469 e. The Morgan fingerprint density at radius 3 is 2.92 bits per heavy atom. The summed E-state index contributed by atoms with van der Waals surface area (Å²) in [6, 6.07) is 6.61. The number of fused-ring (bicyclic) bond motifs is 1. The Balaban J connectivity index is 1.76. The minimum atomic E-state index is -0.583. The number of amides is 1. The number of aromatic nitrogens is 1. The molecule has 1 aromatic carbocycles. The molecule has 0 saturated carbocycles. The number of esters is 1. The van der Waals surface area contributed by atoms with E-state index in [9.17, 15) is 14.4 Å². The largest absolute Gasteiger partial charge is 0.469 e. The molecule has 1 saturated heterocycles. The van der Waals surface area contributed by atoms with Gasteiger partial charge in [0.1, 0.15) is 0 Å². The first kappa shape index (κ1) is 16.3. The van der Waals surface area contributed by atoms with Gasteiger partial charge in [-0.15, -0.1) is 0 Å². The number of benzene rings is 1. The molecule has 0 spiro atoms. The number of rotatable bonds is 5. The number of para-hydroxylation sites is 2. The Kier molecular flexibility index (Phi) is 4.66. The van der Waals surface area contributed by atoms with Crippen LogP contribution in [-0.2, 0) is 20.9 Å². The standard InChI is InChI=1S/C16H19N3O5/c1-23-14(20)10-12-15(21)17-6-7-18(12)8-9-19-11-4-2-3-5-13(11)24-16(19)22/h2-5,12H,6-10H2,1H3,(H,17,21). The second-order valence-corrected chi connectivity index (χ2v) is 5.61. The summed E-state index contributed by atoms with van der Waals surface area (Å²) in [6.07, 6.45) is -0.0105. The van der Waals surface area contributed by atoms with Crippen LogP contribution in [0.15, 0.2) is 33.5 Å². The Hall–Kier alpha value is -2.61. The maximum atomic E-state index is 12.0. The summed E-state index contributed by atoms with van der Waals surface area (Å²) in [7, 11) is 1.30. The second kappa shape index (κ2) is 6.88. The van der Waals surface area contributed by atoms with Gasteiger partial charge >= 0.3 is 11.7 Å². The molecule has 1 N–H and O–H groups in total. The van der Waals surface area contributed by atoms with E-state index in [0.29, 0.717) is 37.3 Å². The number of hydrogen-bond acceptors (Lipinski definition) is 6. The van der Waals surface area contributed by atoms with E-state index in [1.54, 1.807) is 12.1 Å². The smallest absolute Gasteiger partial charge is 0.419 e. The van der Waals surface area contributed by atoms with Gasteiger partial charge in [0, 0.05) is 26.2 Å². The molecule has 8 heteroatoms. The van der Waals surface area contributed by atoms with Crippen molar-refractivity contribution < 1.29 is 18.7 Å². The molecule has 1 amide bonds. The van der Waals surface area contributed by atoms with E-state index in [-0.39, 0.29) is 12.3 Å². The number of carbonyl (C=O) groups is 2. The molecule has 1 unspecified atom stereocenters. The summed E-state index contributed by atoms with van der Waals surface area (Å²) in [4.78, 5) is 37.5. The first-order valence-electron chi connectivity index (χ1n) is 7.77. The van der Waals surface area contributed by atoms with Crippen LogP contribution in [-0.4, -0.2) is 54.1 Å². The van der Waals surface area contributed by atoms with Crippen molar-refractivity contribution in [1.29, 1.82) is 0 Å². The SMILES string of the molecule is COC(=O)CC1C(=O)NCCN1CCn1c(=O)oc2ccccc21. The van der Waals surface area contributed by atoms with E-state index in [2.05, 4.69) is 10.1 Å². The quantitative estimate of drug-likeness (QED) is 0.772. The number of methoxy groups -OCH3 is 1. The van der Waals surface area contributed by atoms with Crippen molar-refractivity contribution in [1.82, 2.24) is 14.8 Å². The van der Waals surface area contributed by atoms with Gasteiger partial charge in [-0.25, -0.2) is 4.79 Å². The maximum Gasteiger partial charge on any atom is 0.419 e. The third-order valence-corrected chi connectivity index (χ3v) is 4.21. The highest BCUT2D eigenvalue weighted by Crippen LogP contribution is 2.14. The van der Waals surface area contributed by atoms with Crippen LogP contribution in [0.4, 0.5) is 0 Å². The number of nitrogens with zero attached hydrogens (tertiary/aromatic N) is 2. The molecule has 2 aromatic rings. The van der Waals surface area contributed by atoms with Crippen molar-refractivity contribution in [3.05, 3.63) is 34.8 Å². The molecule has 24 heavy (non-hydrogen) atoms. The van der Waals surface area contributed by atoms with Gasteiger partial charge in [0.25, 0.3) is 0 Å². The number of nitrogens with one attached hydrogen (secondary N) is 1. The van der Waals surface area contributed by atoms with Gasteiger partial charge < -0.3 is 14.5 Å². The van der Waals surface area contributed by atoms with E-state index in [4.69, 9.17) is 4.42 Å². The summed E-state index contributed by atoms with van der Waals surface area (Å²) in [5.41, 5.74) is 1.25. The first-order chi connectivity index (χ1) is 11.6. The molecule has 128 valence electrons. The number of ether oxygens (including phenoxy) is 1. The number of piperazine rings is 1. The molecule has 3 rings (SSSR count). The van der Waals surface area contributed by atoms with Gasteiger partial charge in [-0.1, -0.05) is 12.1 Å². The van der Waals surface area contributed by atoms with Crippen LogP contribution >= 0.6 is 0 Å². The fraction of sp³-hybridized carbons (Fsp3) is 0.438. The fourth-order valence-electron chi connectivity index (χ4n) is 2.95. The molecular formula is C16H19N3O5. The lowest BCUT2D eigenvalue weighted by Crippen LogP contribution is -2.56. The van der Waals surface area contributed by atoms with Crippen molar-refractivity contribution in [3.8, 4) is 0 Å². The van der Waals surface area contributed by atoms with Gasteiger partial charge in [0.05, 0.1) is 25.1 Å². The fourth-order valence-corrected chi connectivity index (χ4v) is 2.95. The van der Waals surface area contributed by atoms with Gasteiger partial charge in [-0.2, -0.15) is 0 Å². The molecule has 1 aliphatic heterocycles. The van der Waals surface area contributed by atoms with Crippen LogP contribution in [0.1, 0.15) is 6.42 Å². The van der Waals surface area contributed by atoms with E-state index in [1.165, 1.54) is 11.7 Å². The van der Waals surface area contributed by atoms with Crippen molar-refractivity contribution in [2.24, 2.45) is 0 Å². The average Bonchev–Trinajstić information content (AvgIpc) is 2.90. The summed E-state index contributed by atoms with van der Waals surface area (Å²) in [5, 5.41) is 2.75. The van der Waals surface area contributed by atoms with Crippen LogP contribution < -0.4 is 11.1 Å². The number of carbonyl (C=O) groups excluding carboxylic acids is 2. The third-order valence-electron chi connectivity index (χ3n) is 4.21. The lowest BCUT2D eigenvalue weighted by Gasteiger charge is -2.34. The molecule has 2 heterocycles. The third kappa shape index (κ3) is 3.18. The molecule has 1 fully saturated rings. The van der Waals surface area contributed by atoms with Gasteiger partial charge in [-0.3, -0.25) is 19.1 Å². The lowest BCUT2D eigenvalue weighted by atomic mass is 10.1. The molecule has 1 aromatic heterocycles. The molecule has 8 nitrogen and oxygen atoms in total. The van der Waals surface area contributed by atoms with Crippen molar-refractivity contribution in [2.45, 2.75) is 19.0 Å². The molecule has 1 aliphatic rings. The van der Waals surface area contributed by atoms with Gasteiger partial charge in [0.15, 0.2) is 5.58 Å². The van der Waals surface area contributed by atoms with Crippen LogP contribution in [0.3, 0.4) is 0 Å². The Morgan fingerprint density at radius 2 is 2.12 bits per heavy atom. The van der Waals surface area contributed by atoms with Crippen LogP contribution in [0.25, 0.3) is 11.1 Å². The van der Waals surface area contributed by atoms with E-state index in [0.717, 1.165) is 0 Å². The highest BCUT2D eigenvalue weighted by atomic mass is 16.5. The van der Waals surface area contributed by atoms with Crippen LogP contribution in [0, 0.1) is 0 Å². The zero-order chi connectivity index (χ0) is 17.1. The predicted octanol–water partition coefficient (Wildman–Crippen LogP) is -0.0420. The summed E-state index contributed by atoms with van der Waals surface area (Å²) >= 11 is 0. The Bertz CT molecular complexity index is 809. The lowest BCUT2D eigenvalue weighted by molar-refractivity contribution is -0.146. The van der Waals surface area contributed by atoms with Crippen molar-refractivity contribution in [3.63, 3.8) is 0 Å². The first-order valence-corrected chi connectivity index (χ1v) is 7.77. The van der Waals surface area contributed by atoms with Crippen molar-refractivity contribution in [2.75, 3.05) is 26.7 Å². The monoisotopic (exact) mass is 333 g/mol. The molecule has 0 aliphatic carbocycles. The van der Waals surface area contributed by atoms with E-state index in [1.807, 2.05) is 17.0 Å². The number of hydrogen-bond donors (Lipinski definition) is 1. The zero-order valence-corrected chi connectivity index (χ0v) is 13.4. The Morgan fingerprint density at radius 1 is 1.33 bits per heavy atom. The van der Waals surface area contributed by atoms with Gasteiger partial charge in [-0.05, 0) is 12.1 Å². The summed E-state index contributed by atoms with van der Waals surface area (Å²) in [5.74, 6) is -1.06. The zero-order valence-electron chi connectivity index (χ0n) is 13.4. The molecule has 0 bridgehead atoms. The van der Waals surface area contributed by atoms with Crippen molar-refractivity contribution >= 4 is 23.0 Å². The second-order valence-electron chi connectivity index (χ2n) is 5.61. The molecule has 0 radical (unpaired) electrons.